The lowest BCUT2D eigenvalue weighted by atomic mass is 10.00. The Labute approximate surface area is 158 Å². The molecule has 0 radical (unpaired) electrons. The van der Waals surface area contributed by atoms with Crippen LogP contribution in [0.1, 0.15) is 23.1 Å². The molecule has 3 heterocycles. The first-order chi connectivity index (χ1) is 13.2. The van der Waals surface area contributed by atoms with E-state index in [0.717, 1.165) is 54.8 Å². The van der Waals surface area contributed by atoms with Crippen molar-refractivity contribution in [2.45, 2.75) is 32.5 Å². The van der Waals surface area contributed by atoms with Crippen molar-refractivity contribution in [2.75, 3.05) is 23.8 Å². The zero-order chi connectivity index (χ0) is 18.4. The Kier molecular flexibility index (Phi) is 3.86. The van der Waals surface area contributed by atoms with Gasteiger partial charge in [0.25, 0.3) is 0 Å². The van der Waals surface area contributed by atoms with Crippen LogP contribution in [0.15, 0.2) is 42.5 Å². The Morgan fingerprint density at radius 1 is 1.15 bits per heavy atom. The summed E-state index contributed by atoms with van der Waals surface area (Å²) in [4.78, 5) is 6.99. The minimum Gasteiger partial charge on any atom is -0.348 e. The molecule has 1 unspecified atom stereocenters. The number of rotatable bonds is 3. The van der Waals surface area contributed by atoms with E-state index in [1.54, 1.807) is 4.68 Å². The van der Waals surface area contributed by atoms with E-state index < -0.39 is 0 Å². The number of para-hydroxylation sites is 1. The zero-order valence-corrected chi connectivity index (χ0v) is 15.5. The summed E-state index contributed by atoms with van der Waals surface area (Å²) in [6.45, 7) is 5.19. The third kappa shape index (κ3) is 2.86. The van der Waals surface area contributed by atoms with Gasteiger partial charge in [-0.2, -0.15) is 0 Å². The molecule has 0 saturated carbocycles. The van der Waals surface area contributed by atoms with Gasteiger partial charge >= 0.3 is 0 Å². The van der Waals surface area contributed by atoms with E-state index in [2.05, 4.69) is 51.0 Å². The topological polar surface area (TPSA) is 69.0 Å². The number of aryl methyl sites for hydroxylation is 1. The summed E-state index contributed by atoms with van der Waals surface area (Å²) >= 11 is 0. The van der Waals surface area contributed by atoms with E-state index in [0.29, 0.717) is 0 Å². The minimum atomic E-state index is 0.110. The molecule has 0 amide bonds. The number of nitrogens with one attached hydrogen (secondary N) is 3. The number of hydrogen-bond acceptors (Lipinski definition) is 5. The van der Waals surface area contributed by atoms with E-state index in [1.165, 1.54) is 11.1 Å². The normalized spacial score (nSPS) is 18.6. The van der Waals surface area contributed by atoms with Crippen LogP contribution in [0.3, 0.4) is 0 Å². The van der Waals surface area contributed by atoms with Crippen LogP contribution in [0.4, 0.5) is 5.82 Å². The molecule has 2 aliphatic heterocycles. The lowest BCUT2D eigenvalue weighted by molar-refractivity contribution is 0.248. The van der Waals surface area contributed by atoms with Crippen molar-refractivity contribution < 1.29 is 0 Å². The predicted octanol–water partition coefficient (Wildman–Crippen LogP) is 2.57. The first kappa shape index (κ1) is 16.3. The van der Waals surface area contributed by atoms with Gasteiger partial charge in [-0.05, 0) is 36.1 Å². The largest absolute Gasteiger partial charge is 0.348 e. The van der Waals surface area contributed by atoms with Gasteiger partial charge in [0.05, 0.1) is 5.52 Å². The van der Waals surface area contributed by atoms with Crippen molar-refractivity contribution in [1.82, 2.24) is 14.6 Å². The summed E-state index contributed by atoms with van der Waals surface area (Å²) in [6, 6.07) is 14.9. The Morgan fingerprint density at radius 2 is 2.00 bits per heavy atom. The highest BCUT2D eigenvalue weighted by Gasteiger charge is 2.24. The Morgan fingerprint density at radius 3 is 2.89 bits per heavy atom. The van der Waals surface area contributed by atoms with Crippen LogP contribution in [0.2, 0.25) is 0 Å². The van der Waals surface area contributed by atoms with E-state index in [9.17, 15) is 0 Å². The standard InChI is InChI=1S/C21H24N6/c1-14-5-4-8-17-19(14)24-21(22)27-20(17)23-18(25-27)10-12-26-11-9-15-6-2-3-7-16(15)13-26/h2-8,18,22-23,25H,9-13H2,1H3. The molecule has 0 spiro atoms. The lowest BCUT2D eigenvalue weighted by Crippen LogP contribution is -2.37. The number of anilines is 1. The molecule has 3 N–H and O–H groups in total. The maximum absolute atomic E-state index is 8.27. The van der Waals surface area contributed by atoms with Gasteiger partial charge in [-0.3, -0.25) is 15.7 Å². The fourth-order valence-electron chi connectivity index (χ4n) is 4.20. The van der Waals surface area contributed by atoms with Gasteiger partial charge in [0, 0.05) is 31.4 Å². The number of aromatic nitrogens is 2. The Hall–Kier alpha value is -2.86. The van der Waals surface area contributed by atoms with Crippen LogP contribution in [0.5, 0.6) is 0 Å². The molecule has 0 aliphatic carbocycles. The number of hydrogen-bond donors (Lipinski definition) is 3. The SMILES string of the molecule is Cc1cccc2c3n(c(=N)nc12)NC(CCN1CCc2ccccc2C1)N3. The predicted molar refractivity (Wildman–Crippen MR) is 107 cm³/mol. The molecule has 6 nitrogen and oxygen atoms in total. The van der Waals surface area contributed by atoms with Crippen LogP contribution < -0.4 is 16.4 Å². The molecule has 6 heteroatoms. The molecule has 2 aliphatic rings. The molecule has 3 aromatic rings. The third-order valence-corrected chi connectivity index (χ3v) is 5.69. The van der Waals surface area contributed by atoms with Crippen LogP contribution in [-0.4, -0.2) is 33.8 Å². The van der Waals surface area contributed by atoms with E-state index >= 15 is 0 Å². The molecule has 5 rings (SSSR count). The van der Waals surface area contributed by atoms with Gasteiger partial charge in [0.2, 0.25) is 5.62 Å². The van der Waals surface area contributed by atoms with Crippen molar-refractivity contribution in [2.24, 2.45) is 0 Å². The van der Waals surface area contributed by atoms with Gasteiger partial charge in [0.1, 0.15) is 12.0 Å². The van der Waals surface area contributed by atoms with Crippen molar-refractivity contribution in [3.05, 3.63) is 64.8 Å². The maximum Gasteiger partial charge on any atom is 0.243 e. The average molecular weight is 360 g/mol. The summed E-state index contributed by atoms with van der Waals surface area (Å²) in [5, 5.41) is 12.9. The van der Waals surface area contributed by atoms with Crippen molar-refractivity contribution >= 4 is 16.7 Å². The minimum absolute atomic E-state index is 0.110. The van der Waals surface area contributed by atoms with Gasteiger partial charge in [-0.15, -0.1) is 0 Å². The number of fused-ring (bicyclic) bond motifs is 4. The summed E-state index contributed by atoms with van der Waals surface area (Å²) in [7, 11) is 0. The van der Waals surface area contributed by atoms with Crippen LogP contribution in [0, 0.1) is 12.3 Å². The summed E-state index contributed by atoms with van der Waals surface area (Å²) in [6.07, 6.45) is 2.21. The first-order valence-electron chi connectivity index (χ1n) is 9.58. The molecular formula is C21H24N6. The van der Waals surface area contributed by atoms with E-state index in [4.69, 9.17) is 5.41 Å². The highest BCUT2D eigenvalue weighted by molar-refractivity contribution is 5.91. The summed E-state index contributed by atoms with van der Waals surface area (Å²) in [5.74, 6) is 0.947. The average Bonchev–Trinajstić information content (AvgIpc) is 3.13. The molecule has 2 aromatic carbocycles. The molecule has 1 aromatic heterocycles. The smallest absolute Gasteiger partial charge is 0.243 e. The van der Waals surface area contributed by atoms with Gasteiger partial charge in [-0.25, -0.2) is 9.66 Å². The van der Waals surface area contributed by atoms with Crippen molar-refractivity contribution in [3.63, 3.8) is 0 Å². The molecule has 27 heavy (non-hydrogen) atoms. The van der Waals surface area contributed by atoms with Gasteiger partial charge in [-0.1, -0.05) is 36.4 Å². The van der Waals surface area contributed by atoms with Crippen molar-refractivity contribution in [1.29, 1.82) is 5.41 Å². The fraction of sp³-hybridized carbons (Fsp3) is 0.333. The van der Waals surface area contributed by atoms with Crippen LogP contribution in [-0.2, 0) is 13.0 Å². The molecule has 0 fully saturated rings. The van der Waals surface area contributed by atoms with Crippen LogP contribution >= 0.6 is 0 Å². The van der Waals surface area contributed by atoms with Crippen LogP contribution in [0.25, 0.3) is 10.9 Å². The Bertz CT molecular complexity index is 1070. The van der Waals surface area contributed by atoms with Gasteiger partial charge in [0.15, 0.2) is 0 Å². The number of benzene rings is 2. The second-order valence-corrected chi connectivity index (χ2v) is 7.50. The molecule has 0 bridgehead atoms. The summed E-state index contributed by atoms with van der Waals surface area (Å²) in [5.41, 5.74) is 8.58. The van der Waals surface area contributed by atoms with E-state index in [1.807, 2.05) is 19.1 Å². The highest BCUT2D eigenvalue weighted by atomic mass is 15.6. The second kappa shape index (κ2) is 6.39. The fourth-order valence-corrected chi connectivity index (χ4v) is 4.20. The quantitative estimate of drug-likeness (QED) is 0.671. The number of nitrogens with zero attached hydrogens (tertiary/aromatic N) is 3. The second-order valence-electron chi connectivity index (χ2n) is 7.50. The molecule has 138 valence electrons. The maximum atomic E-state index is 8.27. The monoisotopic (exact) mass is 360 g/mol. The molecule has 0 saturated heterocycles. The summed E-state index contributed by atoms with van der Waals surface area (Å²) < 4.78 is 1.78. The highest BCUT2D eigenvalue weighted by Crippen LogP contribution is 2.26. The zero-order valence-electron chi connectivity index (χ0n) is 15.5. The lowest BCUT2D eigenvalue weighted by Gasteiger charge is -2.29. The third-order valence-electron chi connectivity index (χ3n) is 5.69. The van der Waals surface area contributed by atoms with E-state index in [-0.39, 0.29) is 11.8 Å². The molecular weight excluding hydrogens is 336 g/mol. The molecule has 1 atom stereocenters. The van der Waals surface area contributed by atoms with Crippen molar-refractivity contribution in [3.8, 4) is 0 Å². The Balaban J connectivity index is 1.31. The van der Waals surface area contributed by atoms with Gasteiger partial charge < -0.3 is 5.32 Å². The first-order valence-corrected chi connectivity index (χ1v) is 9.58.